The van der Waals surface area contributed by atoms with E-state index in [1.165, 1.54) is 11.3 Å². The summed E-state index contributed by atoms with van der Waals surface area (Å²) in [7, 11) is 0. The molecule has 0 aliphatic carbocycles. The van der Waals surface area contributed by atoms with E-state index in [1.54, 1.807) is 23.9 Å². The number of hydrogen-bond donors (Lipinski definition) is 1. The molecule has 29 heavy (non-hydrogen) atoms. The Balaban J connectivity index is 1.93. The molecule has 0 unspecified atom stereocenters. The normalized spacial score (nSPS) is 10.8. The van der Waals surface area contributed by atoms with Crippen molar-refractivity contribution in [1.29, 1.82) is 0 Å². The zero-order valence-electron chi connectivity index (χ0n) is 16.9. The predicted molar refractivity (Wildman–Crippen MR) is 119 cm³/mol. The molecule has 1 heterocycles. The summed E-state index contributed by atoms with van der Waals surface area (Å²) in [6.45, 7) is 7.02. The van der Waals surface area contributed by atoms with Gasteiger partial charge in [0.05, 0.1) is 30.0 Å². The summed E-state index contributed by atoms with van der Waals surface area (Å²) >= 11 is 3.08. The lowest BCUT2D eigenvalue weighted by molar-refractivity contribution is 0.102. The molecule has 3 aromatic rings. The number of amides is 1. The number of ether oxygens (including phenoxy) is 3. The lowest BCUT2D eigenvalue weighted by atomic mass is 10.1. The van der Waals surface area contributed by atoms with Gasteiger partial charge in [-0.15, -0.1) is 11.8 Å². The average Bonchev–Trinajstić information content (AvgIpc) is 3.12. The van der Waals surface area contributed by atoms with Gasteiger partial charge in [-0.05, 0) is 51.3 Å². The number of fused-ring (bicyclic) bond motifs is 1. The molecular formula is C21H24N2O4S2. The lowest BCUT2D eigenvalue weighted by Crippen LogP contribution is -2.13. The van der Waals surface area contributed by atoms with Crippen LogP contribution in [-0.4, -0.2) is 37.0 Å². The average molecular weight is 433 g/mol. The van der Waals surface area contributed by atoms with Gasteiger partial charge in [0.2, 0.25) is 5.75 Å². The maximum atomic E-state index is 12.9. The van der Waals surface area contributed by atoms with E-state index >= 15 is 0 Å². The molecule has 0 saturated carbocycles. The second-order valence-corrected chi connectivity index (χ2v) is 7.76. The van der Waals surface area contributed by atoms with Crippen LogP contribution in [-0.2, 0) is 0 Å². The fourth-order valence-electron chi connectivity index (χ4n) is 2.83. The van der Waals surface area contributed by atoms with E-state index in [9.17, 15) is 4.79 Å². The van der Waals surface area contributed by atoms with Crippen molar-refractivity contribution in [2.45, 2.75) is 25.7 Å². The van der Waals surface area contributed by atoms with E-state index in [2.05, 4.69) is 10.3 Å². The molecule has 0 aliphatic rings. The zero-order chi connectivity index (χ0) is 20.8. The van der Waals surface area contributed by atoms with Crippen molar-refractivity contribution in [2.75, 3.05) is 31.4 Å². The van der Waals surface area contributed by atoms with Crippen LogP contribution in [0.15, 0.2) is 35.2 Å². The molecule has 0 atom stereocenters. The van der Waals surface area contributed by atoms with Crippen LogP contribution >= 0.6 is 23.1 Å². The molecular weight excluding hydrogens is 408 g/mol. The molecule has 8 heteroatoms. The summed E-state index contributed by atoms with van der Waals surface area (Å²) in [5.41, 5.74) is 1.32. The number of nitrogens with one attached hydrogen (secondary N) is 1. The molecule has 0 fully saturated rings. The number of thioether (sulfide) groups is 1. The van der Waals surface area contributed by atoms with E-state index in [1.807, 2.05) is 45.2 Å². The smallest absolute Gasteiger partial charge is 0.257 e. The zero-order valence-corrected chi connectivity index (χ0v) is 18.5. The number of hydrogen-bond acceptors (Lipinski definition) is 7. The first-order valence-corrected chi connectivity index (χ1v) is 11.5. The summed E-state index contributed by atoms with van der Waals surface area (Å²) in [4.78, 5) is 18.6. The highest BCUT2D eigenvalue weighted by molar-refractivity contribution is 7.98. The van der Waals surface area contributed by atoms with Gasteiger partial charge in [0.25, 0.3) is 5.91 Å². The minimum absolute atomic E-state index is 0.278. The van der Waals surface area contributed by atoms with Gasteiger partial charge in [-0.2, -0.15) is 0 Å². The standard InChI is InChI=1S/C21H24N2O4S2/c1-5-25-14-11-13(12-15(26-6-2)19(14)27-7-3)20(24)23-21-22-18-16(28-4)9-8-10-17(18)29-21/h8-12H,5-7H2,1-4H3,(H,22,23,24). The first kappa shape index (κ1) is 21.3. The topological polar surface area (TPSA) is 69.7 Å². The van der Waals surface area contributed by atoms with Crippen molar-refractivity contribution in [2.24, 2.45) is 0 Å². The number of aromatic nitrogens is 1. The van der Waals surface area contributed by atoms with Crippen LogP contribution < -0.4 is 19.5 Å². The molecule has 154 valence electrons. The summed E-state index contributed by atoms with van der Waals surface area (Å²) in [5.74, 6) is 1.20. The van der Waals surface area contributed by atoms with Crippen LogP contribution in [0, 0.1) is 0 Å². The number of carbonyl (C=O) groups excluding carboxylic acids is 1. The minimum Gasteiger partial charge on any atom is -0.490 e. The quantitative estimate of drug-likeness (QED) is 0.452. The highest BCUT2D eigenvalue weighted by Gasteiger charge is 2.19. The molecule has 2 aromatic carbocycles. The highest BCUT2D eigenvalue weighted by Crippen LogP contribution is 2.39. The predicted octanol–water partition coefficient (Wildman–Crippen LogP) is 5.47. The highest BCUT2D eigenvalue weighted by atomic mass is 32.2. The number of benzene rings is 2. The van der Waals surface area contributed by atoms with E-state index in [0.29, 0.717) is 47.8 Å². The van der Waals surface area contributed by atoms with Crippen molar-refractivity contribution in [3.8, 4) is 17.2 Å². The number of nitrogens with zero attached hydrogens (tertiary/aromatic N) is 1. The van der Waals surface area contributed by atoms with Gasteiger partial charge in [0, 0.05) is 10.5 Å². The van der Waals surface area contributed by atoms with Crippen LogP contribution in [0.1, 0.15) is 31.1 Å². The molecule has 0 bridgehead atoms. The summed E-state index contributed by atoms with van der Waals surface area (Å²) in [6.07, 6.45) is 2.01. The number of para-hydroxylation sites is 1. The molecule has 0 spiro atoms. The molecule has 1 aromatic heterocycles. The van der Waals surface area contributed by atoms with E-state index in [4.69, 9.17) is 14.2 Å². The Morgan fingerprint density at radius 1 is 1.07 bits per heavy atom. The van der Waals surface area contributed by atoms with Crippen molar-refractivity contribution in [3.05, 3.63) is 35.9 Å². The first-order valence-electron chi connectivity index (χ1n) is 9.42. The van der Waals surface area contributed by atoms with Gasteiger partial charge in [-0.25, -0.2) is 4.98 Å². The Bertz CT molecular complexity index is 977. The van der Waals surface area contributed by atoms with Crippen molar-refractivity contribution in [3.63, 3.8) is 0 Å². The monoisotopic (exact) mass is 432 g/mol. The molecule has 0 radical (unpaired) electrons. The molecule has 3 rings (SSSR count). The Labute approximate surface area is 178 Å². The molecule has 0 aliphatic heterocycles. The lowest BCUT2D eigenvalue weighted by Gasteiger charge is -2.16. The van der Waals surface area contributed by atoms with Crippen molar-refractivity contribution in [1.82, 2.24) is 4.98 Å². The minimum atomic E-state index is -0.278. The summed E-state index contributed by atoms with van der Waals surface area (Å²) in [5, 5.41) is 3.45. The first-order chi connectivity index (χ1) is 14.1. The van der Waals surface area contributed by atoms with Gasteiger partial charge < -0.3 is 14.2 Å². The Morgan fingerprint density at radius 2 is 1.72 bits per heavy atom. The maximum absolute atomic E-state index is 12.9. The molecule has 0 saturated heterocycles. The second kappa shape index (κ2) is 9.84. The van der Waals surface area contributed by atoms with Crippen molar-refractivity contribution >= 4 is 44.4 Å². The maximum Gasteiger partial charge on any atom is 0.257 e. The number of carbonyl (C=O) groups is 1. The van der Waals surface area contributed by atoms with Crippen molar-refractivity contribution < 1.29 is 19.0 Å². The third-order valence-electron chi connectivity index (χ3n) is 3.99. The fraction of sp³-hybridized carbons (Fsp3) is 0.333. The third-order valence-corrected chi connectivity index (χ3v) is 5.70. The van der Waals surface area contributed by atoms with Crippen LogP contribution in [0.3, 0.4) is 0 Å². The van der Waals surface area contributed by atoms with Gasteiger partial charge in [-0.1, -0.05) is 17.4 Å². The van der Waals surface area contributed by atoms with Gasteiger partial charge in [0.15, 0.2) is 16.6 Å². The Morgan fingerprint density at radius 3 is 2.31 bits per heavy atom. The molecule has 1 N–H and O–H groups in total. The van der Waals surface area contributed by atoms with Gasteiger partial charge in [0.1, 0.15) is 0 Å². The van der Waals surface area contributed by atoms with E-state index < -0.39 is 0 Å². The third kappa shape index (κ3) is 4.76. The van der Waals surface area contributed by atoms with Crippen LogP contribution in [0.2, 0.25) is 0 Å². The number of rotatable bonds is 9. The van der Waals surface area contributed by atoms with Crippen LogP contribution in [0.4, 0.5) is 5.13 Å². The summed E-state index contributed by atoms with van der Waals surface area (Å²) < 4.78 is 18.1. The molecule has 6 nitrogen and oxygen atoms in total. The molecule has 1 amide bonds. The van der Waals surface area contributed by atoms with Crippen LogP contribution in [0.25, 0.3) is 10.2 Å². The number of anilines is 1. The largest absolute Gasteiger partial charge is 0.490 e. The SMILES string of the molecule is CCOc1cc(C(=O)Nc2nc3c(SC)cccc3s2)cc(OCC)c1OCC. The Kier molecular flexibility index (Phi) is 7.22. The second-order valence-electron chi connectivity index (χ2n) is 5.88. The number of thiazole rings is 1. The van der Waals surface area contributed by atoms with Crippen LogP contribution in [0.5, 0.6) is 17.2 Å². The fourth-order valence-corrected chi connectivity index (χ4v) is 4.35. The van der Waals surface area contributed by atoms with Gasteiger partial charge in [-0.3, -0.25) is 10.1 Å². The van der Waals surface area contributed by atoms with E-state index in [0.717, 1.165) is 15.1 Å². The van der Waals surface area contributed by atoms with Gasteiger partial charge >= 0.3 is 0 Å². The summed E-state index contributed by atoms with van der Waals surface area (Å²) in [6, 6.07) is 9.36. The van der Waals surface area contributed by atoms with E-state index in [-0.39, 0.29) is 5.91 Å². The Hall–Kier alpha value is -2.45.